The van der Waals surface area contributed by atoms with Crippen LogP contribution in [0, 0.1) is 0 Å². The quantitative estimate of drug-likeness (QED) is 0.566. The van der Waals surface area contributed by atoms with Crippen LogP contribution in [0.5, 0.6) is 0 Å². The van der Waals surface area contributed by atoms with E-state index in [-0.39, 0.29) is 30.2 Å². The van der Waals surface area contributed by atoms with Gasteiger partial charge in [0.2, 0.25) is 0 Å². The highest BCUT2D eigenvalue weighted by Gasteiger charge is 2.17. The highest BCUT2D eigenvalue weighted by atomic mass is 16.5. The van der Waals surface area contributed by atoms with Crippen LogP contribution in [0.1, 0.15) is 40.6 Å². The van der Waals surface area contributed by atoms with Crippen molar-refractivity contribution < 1.29 is 24.2 Å². The molecule has 0 bridgehead atoms. The fourth-order valence-corrected chi connectivity index (χ4v) is 1.51. The second-order valence-corrected chi connectivity index (χ2v) is 3.87. The van der Waals surface area contributed by atoms with Crippen LogP contribution in [-0.4, -0.2) is 41.1 Å². The Bertz CT molecular complexity index is 501. The molecule has 1 aromatic heterocycles. The highest BCUT2D eigenvalue weighted by molar-refractivity contribution is 6.03. The van der Waals surface area contributed by atoms with E-state index in [9.17, 15) is 14.4 Å². The summed E-state index contributed by atoms with van der Waals surface area (Å²) in [4.78, 5) is 37.6. The van der Waals surface area contributed by atoms with E-state index in [0.717, 1.165) is 0 Å². The lowest BCUT2D eigenvalue weighted by molar-refractivity contribution is -0.143. The van der Waals surface area contributed by atoms with Gasteiger partial charge in [-0.05, 0) is 25.5 Å². The highest BCUT2D eigenvalue weighted by Crippen LogP contribution is 2.05. The monoisotopic (exact) mass is 280 g/mol. The fourth-order valence-electron chi connectivity index (χ4n) is 1.51. The van der Waals surface area contributed by atoms with E-state index in [1.54, 1.807) is 6.92 Å². The third kappa shape index (κ3) is 4.68. The van der Waals surface area contributed by atoms with E-state index in [1.165, 1.54) is 18.3 Å². The lowest BCUT2D eigenvalue weighted by Gasteiger charge is -2.06. The van der Waals surface area contributed by atoms with Crippen molar-refractivity contribution in [1.29, 1.82) is 0 Å². The van der Waals surface area contributed by atoms with Gasteiger partial charge in [-0.15, -0.1) is 0 Å². The molecule has 0 unspecified atom stereocenters. The normalized spacial score (nSPS) is 9.85. The maximum atomic E-state index is 11.8. The lowest BCUT2D eigenvalue weighted by Crippen LogP contribution is -2.27. The number of aromatic carboxylic acids is 1. The first-order chi connectivity index (χ1) is 9.56. The molecule has 20 heavy (non-hydrogen) atoms. The maximum absolute atomic E-state index is 11.8. The molecule has 0 fully saturated rings. The molecule has 1 aromatic rings. The first kappa shape index (κ1) is 15.6. The summed E-state index contributed by atoms with van der Waals surface area (Å²) in [6.07, 6.45) is 1.96. The number of rotatable bonds is 7. The van der Waals surface area contributed by atoms with Crippen LogP contribution in [0.4, 0.5) is 0 Å². The molecule has 0 spiro atoms. The number of hydrogen-bond donors (Lipinski definition) is 2. The van der Waals surface area contributed by atoms with Crippen molar-refractivity contribution in [3.63, 3.8) is 0 Å². The number of hydrogen-bond acceptors (Lipinski definition) is 5. The van der Waals surface area contributed by atoms with Crippen molar-refractivity contribution in [1.82, 2.24) is 10.3 Å². The zero-order valence-electron chi connectivity index (χ0n) is 11.1. The van der Waals surface area contributed by atoms with Gasteiger partial charge in [-0.2, -0.15) is 0 Å². The van der Waals surface area contributed by atoms with E-state index >= 15 is 0 Å². The summed E-state index contributed by atoms with van der Waals surface area (Å²) in [5.41, 5.74) is -0.300. The number of carbonyl (C=O) groups is 3. The number of carboxylic acid groups (broad SMARTS) is 1. The average molecular weight is 280 g/mol. The third-order valence-corrected chi connectivity index (χ3v) is 2.40. The summed E-state index contributed by atoms with van der Waals surface area (Å²) >= 11 is 0. The average Bonchev–Trinajstić information content (AvgIpc) is 2.43. The molecular formula is C13H16N2O5. The van der Waals surface area contributed by atoms with Gasteiger partial charge in [0.1, 0.15) is 5.69 Å². The summed E-state index contributed by atoms with van der Waals surface area (Å²) in [6.45, 7) is 2.28. The fraction of sp³-hybridized carbons (Fsp3) is 0.385. The number of pyridine rings is 1. The molecule has 0 saturated heterocycles. The molecule has 0 saturated carbocycles. The van der Waals surface area contributed by atoms with Crippen molar-refractivity contribution in [2.24, 2.45) is 0 Å². The number of carboxylic acids is 1. The minimum Gasteiger partial charge on any atom is -0.478 e. The Balaban J connectivity index is 2.48. The molecule has 108 valence electrons. The SMILES string of the molecule is CCOC(=O)CCCNC(=O)c1ncccc1C(=O)O. The van der Waals surface area contributed by atoms with Crippen molar-refractivity contribution in [3.8, 4) is 0 Å². The van der Waals surface area contributed by atoms with Gasteiger partial charge in [0, 0.05) is 19.2 Å². The molecule has 0 aliphatic carbocycles. The molecule has 0 atom stereocenters. The smallest absolute Gasteiger partial charge is 0.338 e. The van der Waals surface area contributed by atoms with E-state index in [0.29, 0.717) is 13.0 Å². The Kier molecular flexibility index (Phi) is 6.15. The Morgan fingerprint density at radius 2 is 2.15 bits per heavy atom. The third-order valence-electron chi connectivity index (χ3n) is 2.40. The standard InChI is InChI=1S/C13H16N2O5/c1-2-20-10(16)6-4-8-15-12(17)11-9(13(18)19)5-3-7-14-11/h3,5,7H,2,4,6,8H2,1H3,(H,15,17)(H,18,19). The number of aromatic nitrogens is 1. The predicted octanol–water partition coefficient (Wildman–Crippen LogP) is 0.853. The summed E-state index contributed by atoms with van der Waals surface area (Å²) in [5, 5.41) is 11.5. The molecule has 1 rings (SSSR count). The Morgan fingerprint density at radius 1 is 1.40 bits per heavy atom. The molecule has 0 radical (unpaired) electrons. The van der Waals surface area contributed by atoms with E-state index in [2.05, 4.69) is 10.3 Å². The molecule has 2 N–H and O–H groups in total. The Labute approximate surface area is 116 Å². The molecule has 0 aliphatic rings. The van der Waals surface area contributed by atoms with Gasteiger partial charge in [0.25, 0.3) is 5.91 Å². The minimum atomic E-state index is -1.21. The lowest BCUT2D eigenvalue weighted by atomic mass is 10.2. The summed E-state index contributed by atoms with van der Waals surface area (Å²) in [6, 6.07) is 2.75. The molecule has 0 aromatic carbocycles. The number of nitrogens with one attached hydrogen (secondary N) is 1. The van der Waals surface area contributed by atoms with Crippen molar-refractivity contribution in [2.45, 2.75) is 19.8 Å². The van der Waals surface area contributed by atoms with E-state index in [4.69, 9.17) is 9.84 Å². The summed E-state index contributed by atoms with van der Waals surface area (Å²) < 4.78 is 4.74. The molecule has 7 nitrogen and oxygen atoms in total. The topological polar surface area (TPSA) is 106 Å². The first-order valence-corrected chi connectivity index (χ1v) is 6.18. The van der Waals surface area contributed by atoms with E-state index in [1.807, 2.05) is 0 Å². The zero-order valence-corrected chi connectivity index (χ0v) is 11.1. The largest absolute Gasteiger partial charge is 0.478 e. The maximum Gasteiger partial charge on any atom is 0.338 e. The van der Waals surface area contributed by atoms with Gasteiger partial charge in [-0.1, -0.05) is 0 Å². The van der Waals surface area contributed by atoms with Crippen LogP contribution >= 0.6 is 0 Å². The number of carbonyl (C=O) groups excluding carboxylic acids is 2. The van der Waals surface area contributed by atoms with Crippen LogP contribution in [0.15, 0.2) is 18.3 Å². The second kappa shape index (κ2) is 7.88. The molecule has 7 heteroatoms. The number of amides is 1. The van der Waals surface area contributed by atoms with Crippen molar-refractivity contribution in [2.75, 3.05) is 13.2 Å². The molecule has 1 amide bonds. The molecule has 1 heterocycles. The van der Waals surface area contributed by atoms with Gasteiger partial charge in [-0.25, -0.2) is 4.79 Å². The van der Waals surface area contributed by atoms with Gasteiger partial charge >= 0.3 is 11.9 Å². The van der Waals surface area contributed by atoms with Crippen LogP contribution in [0.2, 0.25) is 0 Å². The van der Waals surface area contributed by atoms with Gasteiger partial charge < -0.3 is 15.2 Å². The van der Waals surface area contributed by atoms with Crippen molar-refractivity contribution in [3.05, 3.63) is 29.6 Å². The van der Waals surface area contributed by atoms with Crippen LogP contribution in [0.3, 0.4) is 0 Å². The number of nitrogens with zero attached hydrogens (tertiary/aromatic N) is 1. The number of ether oxygens (including phenoxy) is 1. The minimum absolute atomic E-state index is 0.142. The zero-order chi connectivity index (χ0) is 15.0. The van der Waals surface area contributed by atoms with Gasteiger partial charge in [-0.3, -0.25) is 14.6 Å². The summed E-state index contributed by atoms with van der Waals surface area (Å²) in [7, 11) is 0. The van der Waals surface area contributed by atoms with Crippen molar-refractivity contribution >= 4 is 17.8 Å². The van der Waals surface area contributed by atoms with Crippen LogP contribution < -0.4 is 5.32 Å². The van der Waals surface area contributed by atoms with Crippen LogP contribution in [0.25, 0.3) is 0 Å². The Morgan fingerprint density at radius 3 is 2.80 bits per heavy atom. The number of esters is 1. The second-order valence-electron chi connectivity index (χ2n) is 3.87. The molecular weight excluding hydrogens is 264 g/mol. The first-order valence-electron chi connectivity index (χ1n) is 6.18. The van der Waals surface area contributed by atoms with Crippen LogP contribution in [-0.2, 0) is 9.53 Å². The van der Waals surface area contributed by atoms with Gasteiger partial charge in [0.05, 0.1) is 12.2 Å². The van der Waals surface area contributed by atoms with E-state index < -0.39 is 11.9 Å². The predicted molar refractivity (Wildman–Crippen MR) is 69.4 cm³/mol. The van der Waals surface area contributed by atoms with Gasteiger partial charge in [0.15, 0.2) is 0 Å². The Hall–Kier alpha value is -2.44. The molecule has 0 aliphatic heterocycles. The summed E-state index contributed by atoms with van der Waals surface area (Å²) in [5.74, 6) is -2.12.